The van der Waals surface area contributed by atoms with E-state index in [0.29, 0.717) is 59.7 Å². The van der Waals surface area contributed by atoms with Crippen molar-refractivity contribution in [2.45, 2.75) is 140 Å². The SMILES string of the molecule is Cc1ncsc1-c1ccc(CNC(=O)C2CC(O)CN2C(=O)C(NC(=O)C2(F)CC2)C(C)(C)SCCCCCCCCCOc2cccc(-c3ccc(N4CCc5cccc(C(=O)Nc6nc7ccccc7s6)c5C4)nc3C(=O)O)c2C)cc1. The number of nitrogens with zero attached hydrogens (tertiary/aromatic N) is 5. The van der Waals surface area contributed by atoms with Crippen LogP contribution in [0.25, 0.3) is 31.8 Å². The van der Waals surface area contributed by atoms with Gasteiger partial charge in [-0.2, -0.15) is 11.8 Å². The summed E-state index contributed by atoms with van der Waals surface area (Å²) in [5.74, 6) is -1.25. The van der Waals surface area contributed by atoms with E-state index in [2.05, 4.69) is 25.9 Å². The fraction of sp³-hybridized carbons (Fsp3) is 0.406. The lowest BCUT2D eigenvalue weighted by Gasteiger charge is -2.37. The highest BCUT2D eigenvalue weighted by Gasteiger charge is 2.54. The normalized spacial score (nSPS) is 16.7. The number of benzene rings is 4. The van der Waals surface area contributed by atoms with E-state index >= 15 is 4.39 Å². The minimum absolute atomic E-state index is 0.0483. The first-order valence-corrected chi connectivity index (χ1v) is 31.5. The summed E-state index contributed by atoms with van der Waals surface area (Å²) in [6.45, 7) is 9.25. The lowest BCUT2D eigenvalue weighted by atomic mass is 9.94. The molecule has 0 spiro atoms. The number of para-hydroxylation sites is 1. The molecular weight excluding hydrogens is 1120 g/mol. The number of alkyl halides is 1. The Morgan fingerprint density at radius 2 is 1.63 bits per heavy atom. The number of aryl methyl sites for hydroxylation is 1. The van der Waals surface area contributed by atoms with E-state index in [1.54, 1.807) is 16.8 Å². The number of hydrogen-bond donors (Lipinski definition) is 5. The monoisotopic (exact) mass is 1190 g/mol. The number of halogens is 1. The first kappa shape index (κ1) is 59.9. The zero-order valence-corrected chi connectivity index (χ0v) is 50.2. The molecule has 2 aliphatic heterocycles. The lowest BCUT2D eigenvalue weighted by molar-refractivity contribution is -0.143. The standard InChI is InChI=1S/C64H71FN8O8S3/c1-39-45(46-26-27-53(69-54(46)60(78)79)72-31-28-42-16-14-18-47(48(42)37-72)57(75)71-62-68-49-19-10-11-21-52(49)84-62)17-15-20-51(39)81-32-12-8-6-5-7-9-13-33-83-63(3,4)56(70-61(80)64(65)29-30-64)59(77)73-36-44(74)34-50(73)58(76)66-35-41-22-24-43(25-23-41)55-40(2)67-38-82-55/h10-11,14-27,38,44,50,56,74H,5-9,12-13,28-37H2,1-4H3,(H,66,76)(H,70,80)(H,78,79)(H,68,71,75). The first-order chi connectivity index (χ1) is 40.5. The Bertz CT molecular complexity index is 3520. The van der Waals surface area contributed by atoms with E-state index in [4.69, 9.17) is 9.72 Å². The maximum atomic E-state index is 15.1. The van der Waals surface area contributed by atoms with Crippen molar-refractivity contribution in [2.24, 2.45) is 0 Å². The number of aromatic nitrogens is 3. The number of carboxylic acids is 1. The molecule has 2 fully saturated rings. The van der Waals surface area contributed by atoms with Crippen molar-refractivity contribution in [3.63, 3.8) is 0 Å². The van der Waals surface area contributed by atoms with Crippen LogP contribution in [-0.2, 0) is 33.9 Å². The van der Waals surface area contributed by atoms with Crippen molar-refractivity contribution in [2.75, 3.05) is 35.7 Å². The van der Waals surface area contributed by atoms with Gasteiger partial charge in [0.05, 0.1) is 39.0 Å². The summed E-state index contributed by atoms with van der Waals surface area (Å²) < 4.78 is 21.5. The van der Waals surface area contributed by atoms with Gasteiger partial charge in [0, 0.05) is 48.5 Å². The van der Waals surface area contributed by atoms with Crippen LogP contribution < -0.4 is 25.6 Å². The van der Waals surface area contributed by atoms with Gasteiger partial charge in [0.1, 0.15) is 23.7 Å². The summed E-state index contributed by atoms with van der Waals surface area (Å²) in [6.07, 6.45) is 6.67. The number of likely N-dealkylation sites (tertiary alicyclic amines) is 1. The molecule has 0 bridgehead atoms. The van der Waals surface area contributed by atoms with E-state index in [1.165, 1.54) is 28.0 Å². The van der Waals surface area contributed by atoms with E-state index in [0.717, 1.165) is 99.1 Å². The highest BCUT2D eigenvalue weighted by Crippen LogP contribution is 2.42. The molecule has 7 aromatic rings. The second kappa shape index (κ2) is 26.3. The van der Waals surface area contributed by atoms with Gasteiger partial charge in [-0.3, -0.25) is 24.5 Å². The predicted molar refractivity (Wildman–Crippen MR) is 330 cm³/mol. The van der Waals surface area contributed by atoms with E-state index < -0.39 is 52.3 Å². The molecule has 10 rings (SSSR count). The van der Waals surface area contributed by atoms with Gasteiger partial charge in [0.15, 0.2) is 16.5 Å². The Morgan fingerprint density at radius 3 is 2.37 bits per heavy atom. The quantitative estimate of drug-likeness (QED) is 0.0337. The summed E-state index contributed by atoms with van der Waals surface area (Å²) in [5.41, 5.74) is 7.90. The Balaban J connectivity index is 0.668. The van der Waals surface area contributed by atoms with Gasteiger partial charge in [-0.15, -0.1) is 11.3 Å². The van der Waals surface area contributed by atoms with Crippen LogP contribution in [-0.4, -0.2) is 114 Å². The number of aromatic carboxylic acids is 1. The number of amides is 4. The zero-order chi connectivity index (χ0) is 59.1. The van der Waals surface area contributed by atoms with Crippen LogP contribution in [0.2, 0.25) is 0 Å². The van der Waals surface area contributed by atoms with E-state index in [-0.39, 0.29) is 44.0 Å². The molecule has 0 radical (unpaired) electrons. The van der Waals surface area contributed by atoms with E-state index in [1.807, 2.05) is 130 Å². The fourth-order valence-corrected chi connectivity index (χ4v) is 14.0. The van der Waals surface area contributed by atoms with Crippen LogP contribution >= 0.6 is 34.4 Å². The molecule has 5 N–H and O–H groups in total. The molecule has 1 saturated heterocycles. The molecule has 5 heterocycles. The lowest BCUT2D eigenvalue weighted by Crippen LogP contribution is -2.61. The third-order valence-electron chi connectivity index (χ3n) is 16.1. The Kier molecular flexibility index (Phi) is 18.8. The van der Waals surface area contributed by atoms with Crippen LogP contribution in [0.1, 0.15) is 127 Å². The van der Waals surface area contributed by atoms with Crippen molar-refractivity contribution in [1.29, 1.82) is 0 Å². The largest absolute Gasteiger partial charge is 0.493 e. The number of rotatable bonds is 25. The molecule has 3 unspecified atom stereocenters. The number of nitrogens with one attached hydrogen (secondary N) is 3. The van der Waals surface area contributed by atoms with Crippen LogP contribution in [0.3, 0.4) is 0 Å². The maximum Gasteiger partial charge on any atom is 0.355 e. The number of ether oxygens (including phenoxy) is 1. The molecule has 440 valence electrons. The molecule has 1 saturated carbocycles. The average molecular weight is 1200 g/mol. The number of hydrogen-bond acceptors (Lipinski definition) is 14. The van der Waals surface area contributed by atoms with Gasteiger partial charge < -0.3 is 35.4 Å². The van der Waals surface area contributed by atoms with Gasteiger partial charge in [0.2, 0.25) is 11.8 Å². The fourth-order valence-electron chi connectivity index (χ4n) is 11.1. The molecule has 1 aliphatic carbocycles. The number of aliphatic hydroxyl groups excluding tert-OH is 1. The third kappa shape index (κ3) is 13.9. The van der Waals surface area contributed by atoms with Crippen molar-refractivity contribution < 1.29 is 43.3 Å². The number of pyridine rings is 1. The number of aliphatic hydroxyl groups is 1. The summed E-state index contributed by atoms with van der Waals surface area (Å²) in [4.78, 5) is 85.9. The smallest absolute Gasteiger partial charge is 0.355 e. The van der Waals surface area contributed by atoms with Gasteiger partial charge in [-0.05, 0) is 135 Å². The number of β-amino-alcohol motifs (C(OH)–C–C–N with tert-alkyl or cyclic N) is 1. The van der Waals surface area contributed by atoms with Gasteiger partial charge >= 0.3 is 5.97 Å². The molecule has 4 aromatic carbocycles. The topological polar surface area (TPSA) is 216 Å². The van der Waals surface area contributed by atoms with Crippen LogP contribution in [0.5, 0.6) is 5.75 Å². The van der Waals surface area contributed by atoms with Crippen LogP contribution in [0, 0.1) is 13.8 Å². The summed E-state index contributed by atoms with van der Waals surface area (Å²) in [7, 11) is 0. The maximum absolute atomic E-state index is 15.1. The van der Waals surface area contributed by atoms with Gasteiger partial charge in [-0.25, -0.2) is 24.1 Å². The molecule has 4 amide bonds. The van der Waals surface area contributed by atoms with Crippen LogP contribution in [0.4, 0.5) is 15.3 Å². The van der Waals surface area contributed by atoms with Gasteiger partial charge in [0.25, 0.3) is 11.8 Å². The number of unbranched alkanes of at least 4 members (excludes halogenated alkanes) is 6. The Morgan fingerprint density at radius 1 is 0.881 bits per heavy atom. The summed E-state index contributed by atoms with van der Waals surface area (Å²) >= 11 is 4.51. The minimum Gasteiger partial charge on any atom is -0.493 e. The molecule has 3 atom stereocenters. The molecule has 20 heteroatoms. The number of thioether (sulfide) groups is 1. The molecule has 3 aromatic heterocycles. The Hall–Kier alpha value is -7.26. The number of fused-ring (bicyclic) bond motifs is 2. The second-order valence-electron chi connectivity index (χ2n) is 22.6. The first-order valence-electron chi connectivity index (χ1n) is 28.9. The van der Waals surface area contributed by atoms with Crippen molar-refractivity contribution in [3.05, 3.63) is 142 Å². The number of carboxylic acid groups (broad SMARTS) is 1. The number of carbonyl (C=O) groups is 5. The van der Waals surface area contributed by atoms with Crippen molar-refractivity contribution in [3.8, 4) is 27.3 Å². The zero-order valence-electron chi connectivity index (χ0n) is 47.8. The summed E-state index contributed by atoms with van der Waals surface area (Å²) in [6, 6.07) is 28.5. The number of anilines is 2. The summed E-state index contributed by atoms with van der Waals surface area (Å²) in [5, 5.41) is 30.5. The number of carbonyl (C=O) groups excluding carboxylic acids is 4. The Labute approximate surface area is 501 Å². The van der Waals surface area contributed by atoms with Crippen molar-refractivity contribution in [1.82, 2.24) is 30.5 Å². The predicted octanol–water partition coefficient (Wildman–Crippen LogP) is 11.5. The van der Waals surface area contributed by atoms with Gasteiger partial charge in [-0.1, -0.05) is 104 Å². The molecular formula is C64H71FN8O8S3. The number of thiazole rings is 2. The minimum atomic E-state index is -2.01. The molecule has 16 nitrogen and oxygen atoms in total. The van der Waals surface area contributed by atoms with Crippen molar-refractivity contribution >= 4 is 85.2 Å². The highest BCUT2D eigenvalue weighted by molar-refractivity contribution is 8.00. The molecule has 3 aliphatic rings. The molecule has 84 heavy (non-hydrogen) atoms. The van der Waals surface area contributed by atoms with Crippen LogP contribution in [0.15, 0.2) is 103 Å². The second-order valence-corrected chi connectivity index (χ2v) is 26.2. The highest BCUT2D eigenvalue weighted by atomic mass is 32.2. The third-order valence-corrected chi connectivity index (χ3v) is 19.5. The average Bonchev–Trinajstić information content (AvgIpc) is 3.90. The van der Waals surface area contributed by atoms with E-state index in [9.17, 15) is 34.2 Å².